The number of rotatable bonds is 9. The van der Waals surface area contributed by atoms with Crippen LogP contribution in [0, 0.1) is 0 Å². The summed E-state index contributed by atoms with van der Waals surface area (Å²) in [4.78, 5) is 23.7. The first kappa shape index (κ1) is 20.3. The van der Waals surface area contributed by atoms with Gasteiger partial charge in [0.15, 0.2) is 18.1 Å². The fourth-order valence-electron chi connectivity index (χ4n) is 2.44. The number of ether oxygens (including phenoxy) is 2. The number of hydrogen-bond donors (Lipinski definition) is 3. The van der Waals surface area contributed by atoms with E-state index < -0.39 is 6.04 Å². The minimum Gasteiger partial charge on any atom is -0.493 e. The maximum atomic E-state index is 12.2. The number of carbonyl (C=O) groups is 2. The fourth-order valence-corrected chi connectivity index (χ4v) is 2.44. The second-order valence-electron chi connectivity index (χ2n) is 5.83. The zero-order valence-electron chi connectivity index (χ0n) is 15.5. The second-order valence-corrected chi connectivity index (χ2v) is 5.83. The Hall–Kier alpha value is -3.06. The van der Waals surface area contributed by atoms with Crippen LogP contribution in [0.1, 0.15) is 24.1 Å². The summed E-state index contributed by atoms with van der Waals surface area (Å²) in [5.41, 5.74) is 7.56. The third-order valence-corrected chi connectivity index (χ3v) is 3.87. The van der Waals surface area contributed by atoms with Gasteiger partial charge in [-0.2, -0.15) is 0 Å². The zero-order chi connectivity index (χ0) is 19.6. The van der Waals surface area contributed by atoms with Crippen molar-refractivity contribution in [2.24, 2.45) is 5.73 Å². The molecule has 0 aliphatic heterocycles. The lowest BCUT2D eigenvalue weighted by Crippen LogP contribution is -2.33. The summed E-state index contributed by atoms with van der Waals surface area (Å²) in [7, 11) is 1.52. The minimum absolute atomic E-state index is 0.0911. The monoisotopic (exact) mass is 371 g/mol. The van der Waals surface area contributed by atoms with Gasteiger partial charge in [-0.15, -0.1) is 0 Å². The van der Waals surface area contributed by atoms with E-state index in [-0.39, 0.29) is 18.4 Å². The highest BCUT2D eigenvalue weighted by molar-refractivity contribution is 5.82. The largest absolute Gasteiger partial charge is 0.493 e. The lowest BCUT2D eigenvalue weighted by Gasteiger charge is -2.14. The molecule has 0 fully saturated rings. The number of benzene rings is 2. The lowest BCUT2D eigenvalue weighted by atomic mass is 10.1. The van der Waals surface area contributed by atoms with Crippen molar-refractivity contribution in [3.63, 3.8) is 0 Å². The minimum atomic E-state index is -0.729. The summed E-state index contributed by atoms with van der Waals surface area (Å²) >= 11 is 0. The molecule has 27 heavy (non-hydrogen) atoms. The number of hydrogen-bond acceptors (Lipinski definition) is 5. The van der Waals surface area contributed by atoms with Gasteiger partial charge in [0, 0.05) is 13.1 Å². The van der Waals surface area contributed by atoms with Gasteiger partial charge in [-0.1, -0.05) is 36.4 Å². The summed E-state index contributed by atoms with van der Waals surface area (Å²) < 4.78 is 10.8. The number of nitrogens with two attached hydrogens (primary N) is 1. The van der Waals surface area contributed by atoms with Gasteiger partial charge < -0.3 is 25.8 Å². The van der Waals surface area contributed by atoms with E-state index in [1.54, 1.807) is 18.2 Å². The van der Waals surface area contributed by atoms with Gasteiger partial charge >= 0.3 is 0 Å². The molecule has 0 heterocycles. The van der Waals surface area contributed by atoms with Crippen molar-refractivity contribution >= 4 is 11.8 Å². The van der Waals surface area contributed by atoms with Crippen molar-refractivity contribution in [2.75, 3.05) is 20.3 Å². The smallest absolute Gasteiger partial charge is 0.257 e. The maximum Gasteiger partial charge on any atom is 0.257 e. The van der Waals surface area contributed by atoms with Gasteiger partial charge in [0.05, 0.1) is 7.11 Å². The van der Waals surface area contributed by atoms with Gasteiger partial charge in [-0.05, 0) is 30.2 Å². The molecule has 0 radical (unpaired) electrons. The maximum absolute atomic E-state index is 12.2. The second kappa shape index (κ2) is 10.2. The van der Waals surface area contributed by atoms with E-state index in [4.69, 9.17) is 15.2 Å². The average molecular weight is 371 g/mol. The highest BCUT2D eigenvalue weighted by Crippen LogP contribution is 2.28. The molecule has 2 rings (SSSR count). The lowest BCUT2D eigenvalue weighted by molar-refractivity contribution is -0.123. The van der Waals surface area contributed by atoms with Crippen LogP contribution in [0.15, 0.2) is 48.5 Å². The Kier molecular flexibility index (Phi) is 7.63. The number of methoxy groups -OCH3 is 1. The normalized spacial score (nSPS) is 11.4. The number of carbonyl (C=O) groups excluding carboxylic acids is 2. The van der Waals surface area contributed by atoms with Crippen LogP contribution in [0.5, 0.6) is 11.5 Å². The molecule has 2 amide bonds. The molecular weight excluding hydrogens is 346 g/mol. The van der Waals surface area contributed by atoms with E-state index in [9.17, 15) is 9.59 Å². The first-order valence-electron chi connectivity index (χ1n) is 8.69. The van der Waals surface area contributed by atoms with Gasteiger partial charge in [0.1, 0.15) is 6.04 Å². The number of likely N-dealkylation sites (N-methyl/N-ethyl adjacent to an activating group) is 1. The summed E-state index contributed by atoms with van der Waals surface area (Å²) in [6, 6.07) is 13.7. The van der Waals surface area contributed by atoms with E-state index in [0.29, 0.717) is 24.6 Å². The predicted molar refractivity (Wildman–Crippen MR) is 102 cm³/mol. The Morgan fingerprint density at radius 3 is 2.48 bits per heavy atom. The van der Waals surface area contributed by atoms with Gasteiger partial charge in [0.2, 0.25) is 5.91 Å². The SMILES string of the molecule is CCNC(=O)COc1ccc(CNC(=O)C(N)c2ccccc2)cc1OC. The Morgan fingerprint density at radius 2 is 1.81 bits per heavy atom. The van der Waals surface area contributed by atoms with Gasteiger partial charge in [-0.3, -0.25) is 9.59 Å². The Bertz CT molecular complexity index is 765. The summed E-state index contributed by atoms with van der Waals surface area (Å²) in [5.74, 6) is 0.473. The van der Waals surface area contributed by atoms with Crippen molar-refractivity contribution < 1.29 is 19.1 Å². The molecule has 2 aromatic rings. The van der Waals surface area contributed by atoms with Crippen LogP contribution in [0.4, 0.5) is 0 Å². The van der Waals surface area contributed by atoms with Crippen molar-refractivity contribution in [3.8, 4) is 11.5 Å². The molecule has 0 aliphatic carbocycles. The quantitative estimate of drug-likeness (QED) is 0.620. The van der Waals surface area contributed by atoms with Crippen molar-refractivity contribution in [1.29, 1.82) is 0 Å². The van der Waals surface area contributed by atoms with Crippen molar-refractivity contribution in [2.45, 2.75) is 19.5 Å². The van der Waals surface area contributed by atoms with E-state index in [0.717, 1.165) is 11.1 Å². The van der Waals surface area contributed by atoms with E-state index in [1.807, 2.05) is 37.3 Å². The van der Waals surface area contributed by atoms with Crippen LogP contribution < -0.4 is 25.8 Å². The summed E-state index contributed by atoms with van der Waals surface area (Å²) in [5, 5.41) is 5.47. The Morgan fingerprint density at radius 1 is 1.07 bits per heavy atom. The molecular formula is C20H25N3O4. The molecule has 0 aliphatic rings. The fraction of sp³-hybridized carbons (Fsp3) is 0.300. The van der Waals surface area contributed by atoms with Gasteiger partial charge in [-0.25, -0.2) is 0 Å². The highest BCUT2D eigenvalue weighted by atomic mass is 16.5. The van der Waals surface area contributed by atoms with Crippen LogP contribution in [0.25, 0.3) is 0 Å². The van der Waals surface area contributed by atoms with Crippen LogP contribution in [-0.4, -0.2) is 32.1 Å². The molecule has 7 heteroatoms. The standard InChI is InChI=1S/C20H25N3O4/c1-3-22-18(24)13-27-16-10-9-14(11-17(16)26-2)12-23-20(25)19(21)15-7-5-4-6-8-15/h4-11,19H,3,12-13,21H2,1-2H3,(H,22,24)(H,23,25). The Labute approximate surface area is 158 Å². The van der Waals surface area contributed by atoms with Crippen molar-refractivity contribution in [1.82, 2.24) is 10.6 Å². The third kappa shape index (κ3) is 6.00. The molecule has 1 unspecified atom stereocenters. The van der Waals surface area contributed by atoms with E-state index in [1.165, 1.54) is 7.11 Å². The van der Waals surface area contributed by atoms with Gasteiger partial charge in [0.25, 0.3) is 5.91 Å². The summed E-state index contributed by atoms with van der Waals surface area (Å²) in [6.07, 6.45) is 0. The molecule has 0 saturated carbocycles. The van der Waals surface area contributed by atoms with E-state index in [2.05, 4.69) is 10.6 Å². The third-order valence-electron chi connectivity index (χ3n) is 3.87. The first-order chi connectivity index (χ1) is 13.0. The highest BCUT2D eigenvalue weighted by Gasteiger charge is 2.15. The molecule has 7 nitrogen and oxygen atoms in total. The molecule has 0 bridgehead atoms. The first-order valence-corrected chi connectivity index (χ1v) is 8.69. The average Bonchev–Trinajstić information content (AvgIpc) is 2.71. The Balaban J connectivity index is 1.94. The molecule has 0 saturated heterocycles. The molecule has 2 aromatic carbocycles. The molecule has 144 valence electrons. The van der Waals surface area contributed by atoms with Crippen LogP contribution in [0.2, 0.25) is 0 Å². The van der Waals surface area contributed by atoms with Crippen LogP contribution in [-0.2, 0) is 16.1 Å². The van der Waals surface area contributed by atoms with Crippen LogP contribution >= 0.6 is 0 Å². The number of nitrogens with one attached hydrogen (secondary N) is 2. The topological polar surface area (TPSA) is 103 Å². The van der Waals surface area contributed by atoms with E-state index >= 15 is 0 Å². The zero-order valence-corrected chi connectivity index (χ0v) is 15.5. The molecule has 0 spiro atoms. The van der Waals surface area contributed by atoms with Crippen molar-refractivity contribution in [3.05, 3.63) is 59.7 Å². The summed E-state index contributed by atoms with van der Waals surface area (Å²) in [6.45, 7) is 2.59. The predicted octanol–water partition coefficient (Wildman–Crippen LogP) is 1.53. The van der Waals surface area contributed by atoms with Crippen LogP contribution in [0.3, 0.4) is 0 Å². The molecule has 0 aromatic heterocycles. The molecule has 4 N–H and O–H groups in total. The molecule has 1 atom stereocenters. The number of amides is 2.